The number of hydrogen-bond donors (Lipinski definition) is 0. The van der Waals surface area contributed by atoms with Crippen molar-refractivity contribution < 1.29 is 22.8 Å². The number of carbonyl (C=O) groups excluding carboxylic acids is 1. The van der Waals surface area contributed by atoms with E-state index in [1.54, 1.807) is 30.3 Å². The van der Waals surface area contributed by atoms with Crippen LogP contribution in [0.25, 0.3) is 11.4 Å². The fraction of sp³-hybridized carbons (Fsp3) is 0.500. The highest BCUT2D eigenvalue weighted by atomic mass is 19.3. The lowest BCUT2D eigenvalue weighted by Gasteiger charge is -2.15. The van der Waals surface area contributed by atoms with Gasteiger partial charge in [0.05, 0.1) is 12.3 Å². The number of hydrogen-bond acceptors (Lipinski definition) is 5. The molecule has 1 aliphatic heterocycles. The molecular weight excluding hydrogens is 330 g/mol. The van der Waals surface area contributed by atoms with Gasteiger partial charge in [0.15, 0.2) is 0 Å². The second-order valence-electron chi connectivity index (χ2n) is 6.82. The van der Waals surface area contributed by atoms with Crippen molar-refractivity contribution in [2.24, 2.45) is 11.8 Å². The quantitative estimate of drug-likeness (QED) is 0.731. The Balaban J connectivity index is 1.68. The van der Waals surface area contributed by atoms with Crippen LogP contribution in [-0.2, 0) is 15.5 Å². The average Bonchev–Trinajstić information content (AvgIpc) is 3.16. The summed E-state index contributed by atoms with van der Waals surface area (Å²) in [5, 5.41) is 3.62. The van der Waals surface area contributed by atoms with Gasteiger partial charge in [-0.3, -0.25) is 4.79 Å². The van der Waals surface area contributed by atoms with Crippen LogP contribution in [0.2, 0.25) is 0 Å². The minimum atomic E-state index is -3.35. The summed E-state index contributed by atoms with van der Waals surface area (Å²) in [6.45, 7) is 3.97. The topological polar surface area (TPSA) is 65.2 Å². The SMILES string of the molecule is CC(C)C[C@H]1C[C@@H](CC(F)(F)c2nc(-c3ccccc3)no2)OC1=O. The molecule has 1 aliphatic rings. The zero-order chi connectivity index (χ0) is 18.0. The lowest BCUT2D eigenvalue weighted by atomic mass is 9.93. The molecular formula is C18H20F2N2O3. The molecule has 25 heavy (non-hydrogen) atoms. The Morgan fingerprint density at radius 3 is 2.68 bits per heavy atom. The van der Waals surface area contributed by atoms with E-state index in [9.17, 15) is 13.6 Å². The van der Waals surface area contributed by atoms with Crippen molar-refractivity contribution in [3.63, 3.8) is 0 Å². The zero-order valence-electron chi connectivity index (χ0n) is 14.1. The summed E-state index contributed by atoms with van der Waals surface area (Å²) in [7, 11) is 0. The van der Waals surface area contributed by atoms with Gasteiger partial charge in [-0.05, 0) is 18.8 Å². The number of halogens is 2. The minimum Gasteiger partial charge on any atom is -0.462 e. The van der Waals surface area contributed by atoms with E-state index in [0.29, 0.717) is 24.3 Å². The van der Waals surface area contributed by atoms with Crippen molar-refractivity contribution in [2.45, 2.75) is 45.1 Å². The van der Waals surface area contributed by atoms with Crippen LogP contribution < -0.4 is 0 Å². The fourth-order valence-corrected chi connectivity index (χ4v) is 3.06. The normalized spacial score (nSPS) is 20.9. The number of alkyl halides is 2. The van der Waals surface area contributed by atoms with Gasteiger partial charge in [-0.1, -0.05) is 49.3 Å². The van der Waals surface area contributed by atoms with Crippen LogP contribution in [0.5, 0.6) is 0 Å². The molecule has 0 radical (unpaired) electrons. The molecule has 1 aromatic carbocycles. The Morgan fingerprint density at radius 1 is 1.28 bits per heavy atom. The molecule has 0 saturated carbocycles. The monoisotopic (exact) mass is 350 g/mol. The van der Waals surface area contributed by atoms with Gasteiger partial charge in [0.25, 0.3) is 5.89 Å². The first-order valence-corrected chi connectivity index (χ1v) is 8.33. The van der Waals surface area contributed by atoms with Gasteiger partial charge >= 0.3 is 11.9 Å². The summed E-state index contributed by atoms with van der Waals surface area (Å²) >= 11 is 0. The Labute approximate surface area is 144 Å². The first-order chi connectivity index (χ1) is 11.8. The second-order valence-corrected chi connectivity index (χ2v) is 6.82. The van der Waals surface area contributed by atoms with Crippen LogP contribution in [0.4, 0.5) is 8.78 Å². The van der Waals surface area contributed by atoms with E-state index in [1.807, 2.05) is 13.8 Å². The standard InChI is InChI=1S/C18H20F2N2O3/c1-11(2)8-13-9-14(24-16(13)23)10-18(19,20)17-21-15(22-25-17)12-6-4-3-5-7-12/h3-7,11,13-14H,8-10H2,1-2H3/t13-,14-/m0/s1. The molecule has 134 valence electrons. The number of rotatable bonds is 6. The molecule has 0 aliphatic carbocycles. The Kier molecular flexibility index (Phi) is 4.83. The predicted octanol–water partition coefficient (Wildman–Crippen LogP) is 4.20. The highest BCUT2D eigenvalue weighted by molar-refractivity contribution is 5.74. The van der Waals surface area contributed by atoms with E-state index in [-0.39, 0.29) is 11.7 Å². The van der Waals surface area contributed by atoms with Crippen LogP contribution in [0.3, 0.4) is 0 Å². The summed E-state index contributed by atoms with van der Waals surface area (Å²) in [5.74, 6) is -4.40. The first kappa shape index (κ1) is 17.5. The first-order valence-electron chi connectivity index (χ1n) is 8.33. The van der Waals surface area contributed by atoms with Gasteiger partial charge in [-0.25, -0.2) is 0 Å². The van der Waals surface area contributed by atoms with Crippen molar-refractivity contribution >= 4 is 5.97 Å². The molecule has 0 bridgehead atoms. The third-order valence-corrected chi connectivity index (χ3v) is 4.17. The maximum atomic E-state index is 14.5. The van der Waals surface area contributed by atoms with Gasteiger partial charge in [0.2, 0.25) is 5.82 Å². The molecule has 5 nitrogen and oxygen atoms in total. The summed E-state index contributed by atoms with van der Waals surface area (Å²) in [6.07, 6.45) is -0.548. The van der Waals surface area contributed by atoms with Crippen LogP contribution in [-0.4, -0.2) is 22.2 Å². The smallest absolute Gasteiger partial charge is 0.328 e. The van der Waals surface area contributed by atoms with Crippen molar-refractivity contribution in [3.05, 3.63) is 36.2 Å². The molecule has 2 atom stereocenters. The molecule has 0 amide bonds. The van der Waals surface area contributed by atoms with Gasteiger partial charge in [-0.2, -0.15) is 13.8 Å². The minimum absolute atomic E-state index is 0.108. The van der Waals surface area contributed by atoms with Crippen molar-refractivity contribution in [1.29, 1.82) is 0 Å². The second kappa shape index (κ2) is 6.90. The zero-order valence-corrected chi connectivity index (χ0v) is 14.1. The Bertz CT molecular complexity index is 731. The van der Waals surface area contributed by atoms with Crippen molar-refractivity contribution in [3.8, 4) is 11.4 Å². The number of nitrogens with zero attached hydrogens (tertiary/aromatic N) is 2. The lowest BCUT2D eigenvalue weighted by molar-refractivity contribution is -0.148. The van der Waals surface area contributed by atoms with Crippen molar-refractivity contribution in [2.75, 3.05) is 0 Å². The molecule has 2 aromatic rings. The molecule has 1 aromatic heterocycles. The third-order valence-electron chi connectivity index (χ3n) is 4.17. The number of cyclic esters (lactones) is 1. The van der Waals surface area contributed by atoms with E-state index in [4.69, 9.17) is 9.26 Å². The van der Waals surface area contributed by atoms with E-state index < -0.39 is 30.3 Å². The van der Waals surface area contributed by atoms with E-state index in [1.165, 1.54) is 0 Å². The van der Waals surface area contributed by atoms with E-state index >= 15 is 0 Å². The predicted molar refractivity (Wildman–Crippen MR) is 85.7 cm³/mol. The summed E-state index contributed by atoms with van der Waals surface area (Å²) in [5.41, 5.74) is 0.595. The number of esters is 1. The highest BCUT2D eigenvalue weighted by Crippen LogP contribution is 2.38. The van der Waals surface area contributed by atoms with Gasteiger partial charge in [0.1, 0.15) is 6.10 Å². The molecule has 1 fully saturated rings. The van der Waals surface area contributed by atoms with Gasteiger partial charge in [0, 0.05) is 5.56 Å². The lowest BCUT2D eigenvalue weighted by Crippen LogP contribution is -2.22. The Morgan fingerprint density at radius 2 is 2.00 bits per heavy atom. The van der Waals surface area contributed by atoms with Crippen LogP contribution in [0.15, 0.2) is 34.9 Å². The molecule has 0 N–H and O–H groups in total. The molecule has 0 spiro atoms. The fourth-order valence-electron chi connectivity index (χ4n) is 3.06. The largest absolute Gasteiger partial charge is 0.462 e. The van der Waals surface area contributed by atoms with Crippen LogP contribution >= 0.6 is 0 Å². The maximum absolute atomic E-state index is 14.5. The van der Waals surface area contributed by atoms with E-state index in [2.05, 4.69) is 10.1 Å². The third kappa shape index (κ3) is 4.03. The number of aromatic nitrogens is 2. The van der Waals surface area contributed by atoms with Crippen LogP contribution in [0.1, 0.15) is 39.0 Å². The summed E-state index contributed by atoms with van der Waals surface area (Å²) in [4.78, 5) is 15.6. The van der Waals surface area contributed by atoms with Gasteiger partial charge in [-0.15, -0.1) is 0 Å². The summed E-state index contributed by atoms with van der Waals surface area (Å²) in [6, 6.07) is 8.75. The number of ether oxygens (including phenoxy) is 1. The molecule has 7 heteroatoms. The van der Waals surface area contributed by atoms with E-state index in [0.717, 1.165) is 0 Å². The average molecular weight is 350 g/mol. The number of carbonyl (C=O) groups is 1. The summed E-state index contributed by atoms with van der Waals surface area (Å²) < 4.78 is 38.8. The number of benzene rings is 1. The van der Waals surface area contributed by atoms with Crippen molar-refractivity contribution in [1.82, 2.24) is 10.1 Å². The molecule has 3 rings (SSSR count). The Hall–Kier alpha value is -2.31. The molecule has 0 unspecified atom stereocenters. The van der Waals surface area contributed by atoms with Gasteiger partial charge < -0.3 is 9.26 Å². The maximum Gasteiger partial charge on any atom is 0.328 e. The van der Waals surface area contributed by atoms with Crippen LogP contribution in [0, 0.1) is 11.8 Å². The molecule has 2 heterocycles. The highest BCUT2D eigenvalue weighted by Gasteiger charge is 2.46. The molecule has 1 saturated heterocycles.